The van der Waals surface area contributed by atoms with Gasteiger partial charge < -0.3 is 0 Å². The fourth-order valence-electron chi connectivity index (χ4n) is 5.39. The van der Waals surface area contributed by atoms with E-state index in [1.165, 1.54) is 22.9 Å². The number of carbonyl (C=O) groups is 1. The maximum Gasteiger partial charge on any atom is 0.416 e. The van der Waals surface area contributed by atoms with Crippen LogP contribution < -0.4 is 10.1 Å². The summed E-state index contributed by atoms with van der Waals surface area (Å²) >= 11 is 13.9. The molecule has 0 radical (unpaired) electrons. The number of piperidine rings is 1. The molecule has 2 saturated heterocycles. The minimum atomic E-state index is -4.49. The third-order valence-electron chi connectivity index (χ3n) is 7.92. The zero-order valence-corrected chi connectivity index (χ0v) is 29.0. The van der Waals surface area contributed by atoms with E-state index in [0.29, 0.717) is 43.4 Å². The van der Waals surface area contributed by atoms with Crippen LogP contribution in [-0.2, 0) is 22.9 Å². The second-order valence-corrected chi connectivity index (χ2v) is 15.3. The lowest BCUT2D eigenvalue weighted by Gasteiger charge is -2.37. The predicted molar refractivity (Wildman–Crippen MR) is 179 cm³/mol. The molecule has 0 bridgehead atoms. The largest absolute Gasteiger partial charge is 0.416 e. The zero-order chi connectivity index (χ0) is 35.8. The summed E-state index contributed by atoms with van der Waals surface area (Å²) in [5.41, 5.74) is 2.94. The maximum absolute atomic E-state index is 13.8. The molecular weight excluding hydrogens is 746 g/mol. The van der Waals surface area contributed by atoms with Crippen LogP contribution in [0.1, 0.15) is 51.3 Å². The molecule has 4 aromatic rings. The molecule has 2 N–H and O–H groups in total. The average Bonchev–Trinajstić information content (AvgIpc) is 3.67. The number of halogens is 7. The van der Waals surface area contributed by atoms with Crippen LogP contribution in [0, 0.1) is 11.8 Å². The van der Waals surface area contributed by atoms with Crippen molar-refractivity contribution in [2.45, 2.75) is 37.9 Å². The van der Waals surface area contributed by atoms with Crippen LogP contribution in [0.5, 0.6) is 0 Å². The summed E-state index contributed by atoms with van der Waals surface area (Å²) in [5, 5.41) is 6.84. The highest BCUT2D eigenvalue weighted by atomic mass is 35.5. The molecule has 2 aromatic heterocycles. The van der Waals surface area contributed by atoms with Crippen LogP contribution in [0.3, 0.4) is 0 Å². The minimum absolute atomic E-state index is 0.130. The van der Waals surface area contributed by atoms with Gasteiger partial charge in [-0.3, -0.25) is 10.2 Å². The average molecular weight is 774 g/mol. The number of rotatable bonds is 8. The Labute approximate surface area is 298 Å². The van der Waals surface area contributed by atoms with Crippen molar-refractivity contribution >= 4 is 50.7 Å². The quantitative estimate of drug-likeness (QED) is 0.153. The molecule has 0 atom stereocenters. The number of hydrogen-bond acceptors (Lipinski definition) is 6. The van der Waals surface area contributed by atoms with Crippen molar-refractivity contribution in [1.82, 2.24) is 29.2 Å². The van der Waals surface area contributed by atoms with Crippen LogP contribution in [0.4, 0.5) is 22.0 Å². The number of nitrogens with zero attached hydrogens (tertiary/aromatic N) is 4. The summed E-state index contributed by atoms with van der Waals surface area (Å²) in [6, 6.07) is 12.3. The normalized spacial score (nSPS) is 16.8. The van der Waals surface area contributed by atoms with E-state index in [2.05, 4.69) is 27.1 Å². The van der Waals surface area contributed by atoms with E-state index in [9.17, 15) is 35.2 Å². The Balaban J connectivity index is 1.42. The van der Waals surface area contributed by atoms with Gasteiger partial charge in [0.25, 0.3) is 22.0 Å². The Bertz CT molecular complexity index is 2080. The first-order valence-corrected chi connectivity index (χ1v) is 18.2. The molecule has 1 amide bonds. The summed E-state index contributed by atoms with van der Waals surface area (Å²) in [4.78, 5) is 14.8. The summed E-state index contributed by atoms with van der Waals surface area (Å²) < 4.78 is 96.5. The molecule has 2 aliphatic rings. The predicted octanol–water partition coefficient (Wildman–Crippen LogP) is 6.74. The van der Waals surface area contributed by atoms with E-state index < -0.39 is 53.4 Å². The van der Waals surface area contributed by atoms with Gasteiger partial charge in [0, 0.05) is 35.8 Å². The molecule has 50 heavy (non-hydrogen) atoms. The molecule has 2 fully saturated rings. The second-order valence-electron chi connectivity index (χ2n) is 11.6. The second kappa shape index (κ2) is 14.2. The SMILES string of the molecule is O=C(NN1CCCCC1)c1nn(-c2ccc(Cl)cc2Cl)c(-c2ccc(C#Cc3ccc(C(F)(F)F)cc3)s2)c1CNS(=O)(=O)N1CC(F)(F)C1. The van der Waals surface area contributed by atoms with Crippen LogP contribution in [0.2, 0.25) is 10.0 Å². The summed E-state index contributed by atoms with van der Waals surface area (Å²) in [6.45, 7) is -1.27. The molecule has 2 aliphatic heterocycles. The van der Waals surface area contributed by atoms with Gasteiger partial charge in [-0.1, -0.05) is 41.5 Å². The number of amides is 1. The lowest BCUT2D eigenvalue weighted by atomic mass is 10.1. The standard InChI is InChI=1S/C32H27Cl2F5N6O3S2/c33-22-9-12-26(25(34)16-22)45-29(27-13-11-23(49-27)10-6-20-4-7-21(8-5-20)32(37,38)39)24(17-40-50(47,48)44-18-31(35,36)19-44)28(41-45)30(46)42-43-14-2-1-3-15-43/h4-5,7-9,11-13,16,40H,1-3,14-15,17-19H2,(H,42,46). The van der Waals surface area contributed by atoms with Gasteiger partial charge in [-0.05, 0) is 67.4 Å². The van der Waals surface area contributed by atoms with E-state index in [0.717, 1.165) is 42.7 Å². The summed E-state index contributed by atoms with van der Waals surface area (Å²) in [6.07, 6.45) is -1.76. The van der Waals surface area contributed by atoms with E-state index in [-0.39, 0.29) is 22.0 Å². The van der Waals surface area contributed by atoms with E-state index in [4.69, 9.17) is 23.2 Å². The number of thiophene rings is 1. The number of aromatic nitrogens is 2. The lowest BCUT2D eigenvalue weighted by molar-refractivity contribution is -0.137. The Hall–Kier alpha value is -3.56. The number of benzene rings is 2. The molecule has 18 heteroatoms. The Morgan fingerprint density at radius 1 is 0.980 bits per heavy atom. The number of alkyl halides is 5. The minimum Gasteiger partial charge on any atom is -0.283 e. The number of carbonyl (C=O) groups excluding carboxylic acids is 1. The van der Waals surface area contributed by atoms with Gasteiger partial charge in [0.1, 0.15) is 0 Å². The van der Waals surface area contributed by atoms with Crippen LogP contribution in [-0.4, -0.2) is 65.5 Å². The molecule has 6 rings (SSSR count). The van der Waals surface area contributed by atoms with Gasteiger partial charge in [-0.2, -0.15) is 35.7 Å². The number of hydrazine groups is 1. The summed E-state index contributed by atoms with van der Waals surface area (Å²) in [7, 11) is -4.39. The van der Waals surface area contributed by atoms with Crippen molar-refractivity contribution in [3.63, 3.8) is 0 Å². The molecule has 0 spiro atoms. The fraction of sp³-hybridized carbons (Fsp3) is 0.312. The molecule has 0 aliphatic carbocycles. The molecule has 4 heterocycles. The third-order valence-corrected chi connectivity index (χ3v) is 10.9. The maximum atomic E-state index is 13.8. The monoisotopic (exact) mass is 772 g/mol. The van der Waals surface area contributed by atoms with Crippen molar-refractivity contribution < 1.29 is 35.2 Å². The lowest BCUT2D eigenvalue weighted by Crippen LogP contribution is -2.60. The Morgan fingerprint density at radius 3 is 2.32 bits per heavy atom. The first-order valence-electron chi connectivity index (χ1n) is 15.1. The molecule has 0 saturated carbocycles. The van der Waals surface area contributed by atoms with Gasteiger partial charge in [0.15, 0.2) is 5.69 Å². The van der Waals surface area contributed by atoms with Crippen LogP contribution in [0.15, 0.2) is 54.6 Å². The van der Waals surface area contributed by atoms with Crippen molar-refractivity contribution in [3.8, 4) is 28.1 Å². The number of hydrogen-bond donors (Lipinski definition) is 2. The van der Waals surface area contributed by atoms with Crippen LogP contribution >= 0.6 is 34.5 Å². The van der Waals surface area contributed by atoms with Gasteiger partial charge in [0.05, 0.1) is 44.8 Å². The van der Waals surface area contributed by atoms with E-state index in [1.54, 1.807) is 29.3 Å². The Morgan fingerprint density at radius 2 is 1.68 bits per heavy atom. The van der Waals surface area contributed by atoms with E-state index >= 15 is 0 Å². The van der Waals surface area contributed by atoms with Crippen molar-refractivity contribution in [3.05, 3.63) is 91.9 Å². The molecule has 264 valence electrons. The Kier molecular flexibility index (Phi) is 10.3. The third kappa shape index (κ3) is 8.15. The molecule has 9 nitrogen and oxygen atoms in total. The molecular formula is C32H27Cl2F5N6O3S2. The van der Waals surface area contributed by atoms with Gasteiger partial charge >= 0.3 is 6.18 Å². The molecule has 2 aromatic carbocycles. The first kappa shape index (κ1) is 36.2. The van der Waals surface area contributed by atoms with Crippen molar-refractivity contribution in [1.29, 1.82) is 0 Å². The number of nitrogens with one attached hydrogen (secondary N) is 2. The first-order chi connectivity index (χ1) is 23.6. The highest BCUT2D eigenvalue weighted by Gasteiger charge is 2.49. The highest BCUT2D eigenvalue weighted by molar-refractivity contribution is 7.87. The molecule has 0 unspecified atom stereocenters. The smallest absolute Gasteiger partial charge is 0.283 e. The zero-order valence-electron chi connectivity index (χ0n) is 25.8. The van der Waals surface area contributed by atoms with Gasteiger partial charge in [0.2, 0.25) is 0 Å². The van der Waals surface area contributed by atoms with E-state index in [1.807, 2.05) is 0 Å². The fourth-order valence-corrected chi connectivity index (χ4v) is 8.02. The topological polar surface area (TPSA) is 99.6 Å². The van der Waals surface area contributed by atoms with Crippen LogP contribution in [0.25, 0.3) is 16.3 Å². The van der Waals surface area contributed by atoms with Gasteiger partial charge in [-0.25, -0.2) is 18.5 Å². The highest BCUT2D eigenvalue weighted by Crippen LogP contribution is 2.37. The van der Waals surface area contributed by atoms with Crippen molar-refractivity contribution in [2.24, 2.45) is 0 Å². The van der Waals surface area contributed by atoms with Crippen molar-refractivity contribution in [2.75, 3.05) is 26.2 Å². The summed E-state index contributed by atoms with van der Waals surface area (Å²) in [5.74, 6) is 1.98. The van der Waals surface area contributed by atoms with Gasteiger partial charge in [-0.15, -0.1) is 11.3 Å².